The van der Waals surface area contributed by atoms with Crippen LogP contribution in [0.15, 0.2) is 41.3 Å². The fourth-order valence-corrected chi connectivity index (χ4v) is 1.30. The van der Waals surface area contributed by atoms with Crippen LogP contribution < -0.4 is 5.56 Å². The maximum Gasteiger partial charge on any atom is 0.271 e. The molecule has 0 aliphatic carbocycles. The maximum atomic E-state index is 13.4. The number of hydrogen-bond donors (Lipinski definition) is 0. The second kappa shape index (κ2) is 3.65. The summed E-state index contributed by atoms with van der Waals surface area (Å²) < 4.78 is 14.4. The predicted molar refractivity (Wildman–Crippen MR) is 54.5 cm³/mol. The van der Waals surface area contributed by atoms with Crippen molar-refractivity contribution in [3.63, 3.8) is 0 Å². The minimum absolute atomic E-state index is 0.169. The number of para-hydroxylation sites is 1. The van der Waals surface area contributed by atoms with Gasteiger partial charge < -0.3 is 0 Å². The van der Waals surface area contributed by atoms with Crippen molar-refractivity contribution in [2.45, 2.75) is 6.92 Å². The minimum Gasteiger partial charge on any atom is -0.267 e. The van der Waals surface area contributed by atoms with E-state index in [-0.39, 0.29) is 11.2 Å². The molecular weight excluding hydrogens is 195 g/mol. The normalized spacial score (nSPS) is 10.3. The van der Waals surface area contributed by atoms with Crippen LogP contribution in [0, 0.1) is 12.7 Å². The van der Waals surface area contributed by atoms with Gasteiger partial charge in [0.05, 0.1) is 6.20 Å². The fraction of sp³-hybridized carbons (Fsp3) is 0.0909. The molecule has 1 aromatic heterocycles. The van der Waals surface area contributed by atoms with Gasteiger partial charge in [0, 0.05) is 6.07 Å². The van der Waals surface area contributed by atoms with Crippen LogP contribution in [0.25, 0.3) is 5.69 Å². The van der Waals surface area contributed by atoms with Crippen LogP contribution in [0.2, 0.25) is 0 Å². The summed E-state index contributed by atoms with van der Waals surface area (Å²) in [7, 11) is 0. The summed E-state index contributed by atoms with van der Waals surface area (Å²) >= 11 is 0. The summed E-state index contributed by atoms with van der Waals surface area (Å²) in [5.41, 5.74) is 0.593. The van der Waals surface area contributed by atoms with E-state index in [9.17, 15) is 9.18 Å². The Bertz CT molecular complexity index is 548. The van der Waals surface area contributed by atoms with Gasteiger partial charge in [-0.05, 0) is 24.6 Å². The van der Waals surface area contributed by atoms with E-state index in [1.807, 2.05) is 0 Å². The van der Waals surface area contributed by atoms with Crippen molar-refractivity contribution in [1.82, 2.24) is 9.78 Å². The Kier molecular flexibility index (Phi) is 2.33. The first-order chi connectivity index (χ1) is 7.18. The number of aromatic nitrogens is 2. The molecule has 2 rings (SSSR count). The highest BCUT2D eigenvalue weighted by molar-refractivity contribution is 5.32. The fourth-order valence-electron chi connectivity index (χ4n) is 1.30. The third kappa shape index (κ3) is 1.79. The van der Waals surface area contributed by atoms with E-state index in [0.717, 1.165) is 10.2 Å². The van der Waals surface area contributed by atoms with Crippen molar-refractivity contribution < 1.29 is 4.39 Å². The van der Waals surface area contributed by atoms with Gasteiger partial charge in [-0.15, -0.1) is 0 Å². The molecule has 76 valence electrons. The quantitative estimate of drug-likeness (QED) is 0.708. The molecule has 0 fully saturated rings. The van der Waals surface area contributed by atoms with Crippen LogP contribution in [0.1, 0.15) is 5.56 Å². The highest BCUT2D eigenvalue weighted by Gasteiger charge is 2.05. The first kappa shape index (κ1) is 9.58. The predicted octanol–water partition coefficient (Wildman–Crippen LogP) is 1.68. The van der Waals surface area contributed by atoms with Gasteiger partial charge in [-0.3, -0.25) is 4.79 Å². The molecule has 0 aliphatic rings. The smallest absolute Gasteiger partial charge is 0.267 e. The van der Waals surface area contributed by atoms with Crippen molar-refractivity contribution in [2.75, 3.05) is 0 Å². The molecule has 15 heavy (non-hydrogen) atoms. The van der Waals surface area contributed by atoms with Gasteiger partial charge in [-0.2, -0.15) is 9.78 Å². The molecule has 0 unspecified atom stereocenters. The molecule has 1 heterocycles. The molecule has 0 bridgehead atoms. The van der Waals surface area contributed by atoms with Crippen molar-refractivity contribution in [2.24, 2.45) is 0 Å². The van der Waals surface area contributed by atoms with E-state index < -0.39 is 5.82 Å². The number of hydrogen-bond acceptors (Lipinski definition) is 2. The molecule has 2 aromatic rings. The van der Waals surface area contributed by atoms with Gasteiger partial charge in [0.1, 0.15) is 11.5 Å². The lowest BCUT2D eigenvalue weighted by Gasteiger charge is -2.04. The first-order valence-electron chi connectivity index (χ1n) is 4.49. The Morgan fingerprint density at radius 2 is 2.07 bits per heavy atom. The lowest BCUT2D eigenvalue weighted by Crippen LogP contribution is -2.21. The lowest BCUT2D eigenvalue weighted by atomic mass is 10.3. The maximum absolute atomic E-state index is 13.4. The Morgan fingerprint density at radius 3 is 2.73 bits per heavy atom. The van der Waals surface area contributed by atoms with Crippen molar-refractivity contribution in [1.29, 1.82) is 0 Å². The van der Waals surface area contributed by atoms with Crippen LogP contribution in [0.3, 0.4) is 0 Å². The average molecular weight is 204 g/mol. The number of nitrogens with zero attached hydrogens (tertiary/aromatic N) is 2. The second-order valence-corrected chi connectivity index (χ2v) is 3.23. The van der Waals surface area contributed by atoms with Crippen LogP contribution >= 0.6 is 0 Å². The first-order valence-corrected chi connectivity index (χ1v) is 4.49. The van der Waals surface area contributed by atoms with Gasteiger partial charge in [-0.25, -0.2) is 4.39 Å². The summed E-state index contributed by atoms with van der Waals surface area (Å²) in [6, 6.07) is 7.45. The average Bonchev–Trinajstić information content (AvgIpc) is 2.20. The van der Waals surface area contributed by atoms with E-state index in [2.05, 4.69) is 5.10 Å². The van der Waals surface area contributed by atoms with Crippen LogP contribution in [0.5, 0.6) is 0 Å². The monoisotopic (exact) mass is 204 g/mol. The summed E-state index contributed by atoms with van der Waals surface area (Å²) in [6.45, 7) is 1.76. The molecule has 1 aromatic carbocycles. The summed E-state index contributed by atoms with van der Waals surface area (Å²) in [5.74, 6) is -0.462. The molecule has 4 heteroatoms. The zero-order valence-electron chi connectivity index (χ0n) is 8.14. The summed E-state index contributed by atoms with van der Waals surface area (Å²) in [5, 5.41) is 3.87. The highest BCUT2D eigenvalue weighted by atomic mass is 19.1. The van der Waals surface area contributed by atoms with Crippen LogP contribution in [-0.4, -0.2) is 9.78 Å². The SMILES string of the molecule is Cc1cnn(-c2ccccc2F)c(=O)c1. The van der Waals surface area contributed by atoms with Gasteiger partial charge in [-0.1, -0.05) is 12.1 Å². The van der Waals surface area contributed by atoms with E-state index >= 15 is 0 Å². The minimum atomic E-state index is -0.462. The van der Waals surface area contributed by atoms with Gasteiger partial charge >= 0.3 is 0 Å². The van der Waals surface area contributed by atoms with Gasteiger partial charge in [0.2, 0.25) is 0 Å². The van der Waals surface area contributed by atoms with Gasteiger partial charge in [0.15, 0.2) is 0 Å². The zero-order valence-corrected chi connectivity index (χ0v) is 8.14. The topological polar surface area (TPSA) is 34.9 Å². The van der Waals surface area contributed by atoms with E-state index in [0.29, 0.717) is 0 Å². The summed E-state index contributed by atoms with van der Waals surface area (Å²) in [6.07, 6.45) is 1.52. The van der Waals surface area contributed by atoms with E-state index in [1.165, 1.54) is 24.4 Å². The number of rotatable bonds is 1. The van der Waals surface area contributed by atoms with E-state index in [1.54, 1.807) is 19.1 Å². The third-order valence-electron chi connectivity index (χ3n) is 2.02. The standard InChI is InChI=1S/C11H9FN2O/c1-8-6-11(15)14(13-7-8)10-5-3-2-4-9(10)12/h2-7H,1H3. The third-order valence-corrected chi connectivity index (χ3v) is 2.02. The molecule has 0 saturated carbocycles. The molecule has 0 amide bonds. The Morgan fingerprint density at radius 1 is 1.33 bits per heavy atom. The van der Waals surface area contributed by atoms with Crippen molar-refractivity contribution >= 4 is 0 Å². The number of benzene rings is 1. The Labute approximate surface area is 85.8 Å². The number of aryl methyl sites for hydroxylation is 1. The molecular formula is C11H9FN2O. The molecule has 0 aliphatic heterocycles. The van der Waals surface area contributed by atoms with Gasteiger partial charge in [0.25, 0.3) is 5.56 Å². The zero-order chi connectivity index (χ0) is 10.8. The van der Waals surface area contributed by atoms with Crippen LogP contribution in [0.4, 0.5) is 4.39 Å². The Hall–Kier alpha value is -1.97. The molecule has 0 radical (unpaired) electrons. The molecule has 0 spiro atoms. The molecule has 3 nitrogen and oxygen atoms in total. The lowest BCUT2D eigenvalue weighted by molar-refractivity contribution is 0.605. The molecule has 0 atom stereocenters. The number of halogens is 1. The highest BCUT2D eigenvalue weighted by Crippen LogP contribution is 2.08. The van der Waals surface area contributed by atoms with Crippen molar-refractivity contribution in [3.8, 4) is 5.69 Å². The van der Waals surface area contributed by atoms with Crippen molar-refractivity contribution in [3.05, 3.63) is 58.3 Å². The largest absolute Gasteiger partial charge is 0.271 e. The molecule has 0 N–H and O–H groups in total. The van der Waals surface area contributed by atoms with Crippen LogP contribution in [-0.2, 0) is 0 Å². The second-order valence-electron chi connectivity index (χ2n) is 3.23. The van der Waals surface area contributed by atoms with E-state index in [4.69, 9.17) is 0 Å². The molecule has 0 saturated heterocycles. The summed E-state index contributed by atoms with van der Waals surface area (Å²) in [4.78, 5) is 11.5. The Balaban J connectivity index is 2.65.